The van der Waals surface area contributed by atoms with Crippen molar-refractivity contribution in [3.8, 4) is 0 Å². The summed E-state index contributed by atoms with van der Waals surface area (Å²) in [6.45, 7) is 1.55. The molecule has 2 aromatic heterocycles. The number of thiophene rings is 1. The second-order valence-electron chi connectivity index (χ2n) is 5.55. The number of aliphatic carboxylic acids is 1. The first-order valence-electron chi connectivity index (χ1n) is 7.46. The van der Waals surface area contributed by atoms with E-state index < -0.39 is 23.8 Å². The molecule has 1 aromatic carbocycles. The van der Waals surface area contributed by atoms with Crippen molar-refractivity contribution >= 4 is 27.5 Å². The van der Waals surface area contributed by atoms with Gasteiger partial charge in [-0.15, -0.1) is 11.3 Å². The molecule has 124 valence electrons. The molecule has 2 heterocycles. The third kappa shape index (κ3) is 2.90. The number of fused-ring (bicyclic) bond motifs is 1. The van der Waals surface area contributed by atoms with Crippen LogP contribution in [0.25, 0.3) is 10.2 Å². The van der Waals surface area contributed by atoms with Crippen LogP contribution in [0.3, 0.4) is 0 Å². The molecule has 0 atom stereocenters. The predicted octanol–water partition coefficient (Wildman–Crippen LogP) is 1.86. The molecule has 0 saturated carbocycles. The van der Waals surface area contributed by atoms with Gasteiger partial charge in [0.15, 0.2) is 0 Å². The SMILES string of the molecule is Cc1csc2c1c(=O)n(CC(=O)O)c(=O)n2CCc1ccccc1. The molecule has 0 radical (unpaired) electrons. The van der Waals surface area contributed by atoms with Crippen molar-refractivity contribution in [2.75, 3.05) is 0 Å². The molecule has 0 fully saturated rings. The van der Waals surface area contributed by atoms with E-state index in [-0.39, 0.29) is 0 Å². The molecule has 0 unspecified atom stereocenters. The Hall–Kier alpha value is -2.67. The number of aryl methyl sites for hydroxylation is 3. The first-order chi connectivity index (χ1) is 11.5. The smallest absolute Gasteiger partial charge is 0.332 e. The standard InChI is InChI=1S/C17H16N2O4S/c1-11-10-24-16-14(11)15(22)19(9-13(20)21)17(23)18(16)8-7-12-5-3-2-4-6-12/h2-6,10H,7-9H2,1H3,(H,20,21). The number of aromatic nitrogens is 2. The molecule has 0 saturated heterocycles. The minimum absolute atomic E-state index is 0.388. The third-order valence-electron chi connectivity index (χ3n) is 3.88. The number of carbonyl (C=O) groups is 1. The van der Waals surface area contributed by atoms with Gasteiger partial charge in [0.1, 0.15) is 11.4 Å². The molecule has 7 heteroatoms. The van der Waals surface area contributed by atoms with E-state index in [9.17, 15) is 14.4 Å². The largest absolute Gasteiger partial charge is 0.480 e. The molecule has 0 aliphatic heterocycles. The first kappa shape index (κ1) is 16.2. The number of hydrogen-bond acceptors (Lipinski definition) is 4. The van der Waals surface area contributed by atoms with Crippen LogP contribution >= 0.6 is 11.3 Å². The van der Waals surface area contributed by atoms with Crippen molar-refractivity contribution in [2.24, 2.45) is 0 Å². The zero-order chi connectivity index (χ0) is 17.3. The van der Waals surface area contributed by atoms with Crippen LogP contribution < -0.4 is 11.2 Å². The van der Waals surface area contributed by atoms with Crippen LogP contribution in [0.2, 0.25) is 0 Å². The van der Waals surface area contributed by atoms with E-state index in [0.717, 1.165) is 15.7 Å². The van der Waals surface area contributed by atoms with Gasteiger partial charge in [-0.2, -0.15) is 0 Å². The number of benzene rings is 1. The van der Waals surface area contributed by atoms with E-state index >= 15 is 0 Å². The van der Waals surface area contributed by atoms with Gasteiger partial charge in [-0.3, -0.25) is 14.2 Å². The predicted molar refractivity (Wildman–Crippen MR) is 92.9 cm³/mol. The number of carboxylic acids is 1. The lowest BCUT2D eigenvalue weighted by Gasteiger charge is -2.11. The Morgan fingerprint density at radius 1 is 1.17 bits per heavy atom. The molecule has 3 aromatic rings. The lowest BCUT2D eigenvalue weighted by atomic mass is 10.1. The van der Waals surface area contributed by atoms with Crippen LogP contribution in [0, 0.1) is 6.92 Å². The number of nitrogens with zero attached hydrogens (tertiary/aromatic N) is 2. The molecule has 6 nitrogen and oxygen atoms in total. The highest BCUT2D eigenvalue weighted by atomic mass is 32.1. The van der Waals surface area contributed by atoms with Crippen molar-refractivity contribution in [1.82, 2.24) is 9.13 Å². The van der Waals surface area contributed by atoms with Gasteiger partial charge in [-0.1, -0.05) is 30.3 Å². The Balaban J connectivity index is 2.13. The molecule has 0 aliphatic rings. The van der Waals surface area contributed by atoms with Gasteiger partial charge in [0.25, 0.3) is 5.56 Å². The van der Waals surface area contributed by atoms with E-state index in [1.165, 1.54) is 15.9 Å². The van der Waals surface area contributed by atoms with Crippen molar-refractivity contribution in [3.05, 3.63) is 67.7 Å². The van der Waals surface area contributed by atoms with Gasteiger partial charge < -0.3 is 5.11 Å². The summed E-state index contributed by atoms with van der Waals surface area (Å²) in [4.78, 5) is 36.7. The fourth-order valence-electron chi connectivity index (χ4n) is 2.70. The van der Waals surface area contributed by atoms with Gasteiger partial charge in [0.05, 0.1) is 5.39 Å². The number of rotatable bonds is 5. The second-order valence-corrected chi connectivity index (χ2v) is 6.41. The topological polar surface area (TPSA) is 81.3 Å². The van der Waals surface area contributed by atoms with Crippen LogP contribution in [0.5, 0.6) is 0 Å². The number of carboxylic acid groups (broad SMARTS) is 1. The molecule has 0 spiro atoms. The van der Waals surface area contributed by atoms with E-state index in [4.69, 9.17) is 5.11 Å². The molecule has 24 heavy (non-hydrogen) atoms. The fraction of sp³-hybridized carbons (Fsp3) is 0.235. The minimum atomic E-state index is -1.21. The molecule has 1 N–H and O–H groups in total. The Bertz CT molecular complexity index is 1010. The van der Waals surface area contributed by atoms with Crippen LogP contribution in [0.4, 0.5) is 0 Å². The van der Waals surface area contributed by atoms with Crippen molar-refractivity contribution < 1.29 is 9.90 Å². The Labute approximate surface area is 141 Å². The van der Waals surface area contributed by atoms with Gasteiger partial charge in [-0.25, -0.2) is 9.36 Å². The van der Waals surface area contributed by atoms with E-state index in [1.54, 1.807) is 6.92 Å². The first-order valence-corrected chi connectivity index (χ1v) is 8.34. The van der Waals surface area contributed by atoms with E-state index in [2.05, 4.69) is 0 Å². The van der Waals surface area contributed by atoms with Crippen molar-refractivity contribution in [3.63, 3.8) is 0 Å². The van der Waals surface area contributed by atoms with Gasteiger partial charge in [0, 0.05) is 6.54 Å². The maximum absolute atomic E-state index is 12.6. The maximum Gasteiger partial charge on any atom is 0.332 e. The zero-order valence-electron chi connectivity index (χ0n) is 13.1. The molecule has 0 aliphatic carbocycles. The fourth-order valence-corrected chi connectivity index (χ4v) is 3.77. The van der Waals surface area contributed by atoms with Crippen molar-refractivity contribution in [1.29, 1.82) is 0 Å². The average molecular weight is 344 g/mol. The third-order valence-corrected chi connectivity index (χ3v) is 5.00. The summed E-state index contributed by atoms with van der Waals surface area (Å²) < 4.78 is 2.31. The number of hydrogen-bond donors (Lipinski definition) is 1. The van der Waals surface area contributed by atoms with Crippen LogP contribution in [0.15, 0.2) is 45.3 Å². The quantitative estimate of drug-likeness (QED) is 0.766. The normalized spacial score (nSPS) is 11.0. The Morgan fingerprint density at radius 3 is 2.54 bits per heavy atom. The molecular formula is C17H16N2O4S. The second kappa shape index (κ2) is 6.45. The van der Waals surface area contributed by atoms with Crippen molar-refractivity contribution in [2.45, 2.75) is 26.4 Å². The van der Waals surface area contributed by atoms with Gasteiger partial charge >= 0.3 is 11.7 Å². The van der Waals surface area contributed by atoms with E-state index in [0.29, 0.717) is 23.2 Å². The highest BCUT2D eigenvalue weighted by molar-refractivity contribution is 7.17. The summed E-state index contributed by atoms with van der Waals surface area (Å²) in [5, 5.41) is 11.2. The van der Waals surface area contributed by atoms with Gasteiger partial charge in [0.2, 0.25) is 0 Å². The summed E-state index contributed by atoms with van der Waals surface area (Å²) >= 11 is 1.33. The van der Waals surface area contributed by atoms with Crippen LogP contribution in [0.1, 0.15) is 11.1 Å². The molecule has 0 bridgehead atoms. The average Bonchev–Trinajstić information content (AvgIpc) is 2.94. The summed E-state index contributed by atoms with van der Waals surface area (Å²) in [5.41, 5.74) is 0.717. The summed E-state index contributed by atoms with van der Waals surface area (Å²) in [6, 6.07) is 9.70. The molecule has 0 amide bonds. The summed E-state index contributed by atoms with van der Waals surface area (Å²) in [5.74, 6) is -1.21. The summed E-state index contributed by atoms with van der Waals surface area (Å²) in [6.07, 6.45) is 0.623. The minimum Gasteiger partial charge on any atom is -0.480 e. The lowest BCUT2D eigenvalue weighted by Crippen LogP contribution is -2.41. The highest BCUT2D eigenvalue weighted by Gasteiger charge is 2.17. The highest BCUT2D eigenvalue weighted by Crippen LogP contribution is 2.21. The molecular weight excluding hydrogens is 328 g/mol. The summed E-state index contributed by atoms with van der Waals surface area (Å²) in [7, 11) is 0. The maximum atomic E-state index is 12.6. The lowest BCUT2D eigenvalue weighted by molar-refractivity contribution is -0.137. The van der Waals surface area contributed by atoms with E-state index in [1.807, 2.05) is 35.7 Å². The zero-order valence-corrected chi connectivity index (χ0v) is 13.9. The Morgan fingerprint density at radius 2 is 1.88 bits per heavy atom. The Kier molecular flexibility index (Phi) is 4.35. The molecule has 3 rings (SSSR count). The van der Waals surface area contributed by atoms with Crippen LogP contribution in [-0.4, -0.2) is 20.2 Å². The van der Waals surface area contributed by atoms with Gasteiger partial charge in [-0.05, 0) is 29.9 Å². The monoisotopic (exact) mass is 344 g/mol. The van der Waals surface area contributed by atoms with Crippen LogP contribution in [-0.2, 0) is 24.3 Å².